The quantitative estimate of drug-likeness (QED) is 0.357. The molecular formula is C8H21NO2Si. The van der Waals surface area contributed by atoms with Crippen molar-refractivity contribution >= 4 is 9.52 Å². The Morgan fingerprint density at radius 1 is 1.33 bits per heavy atom. The van der Waals surface area contributed by atoms with Crippen molar-refractivity contribution in [3.8, 4) is 0 Å². The molecule has 0 aromatic rings. The summed E-state index contributed by atoms with van der Waals surface area (Å²) in [4.78, 5) is 0. The van der Waals surface area contributed by atoms with E-state index in [1.165, 1.54) is 6.04 Å². The maximum Gasteiger partial charge on any atom is 0.143 e. The van der Waals surface area contributed by atoms with Crippen LogP contribution in [0.25, 0.3) is 0 Å². The van der Waals surface area contributed by atoms with E-state index in [1.807, 2.05) is 0 Å². The molecule has 4 heteroatoms. The average Bonchev–Trinajstić information content (AvgIpc) is 2.14. The number of hydrogen-bond donors (Lipinski definition) is 1. The molecule has 0 saturated carbocycles. The minimum Gasteiger partial charge on any atom is -0.358 e. The van der Waals surface area contributed by atoms with Crippen LogP contribution in [0.3, 0.4) is 0 Å². The number of nitrogens with two attached hydrogens (primary N) is 1. The first-order valence-corrected chi connectivity index (χ1v) is 6.25. The van der Waals surface area contributed by atoms with E-state index in [0.717, 1.165) is 19.4 Å². The summed E-state index contributed by atoms with van der Waals surface area (Å²) in [5.74, 6) is 0. The Morgan fingerprint density at radius 2 is 1.92 bits per heavy atom. The lowest BCUT2D eigenvalue weighted by molar-refractivity contribution is -0.146. The molecule has 2 N–H and O–H groups in total. The van der Waals surface area contributed by atoms with Gasteiger partial charge in [-0.1, -0.05) is 13.0 Å². The summed E-state index contributed by atoms with van der Waals surface area (Å²) in [6.07, 6.45) is 2.04. The first-order chi connectivity index (χ1) is 5.74. The highest BCUT2D eigenvalue weighted by molar-refractivity contribution is 6.38. The fourth-order valence-electron chi connectivity index (χ4n) is 1.29. The fraction of sp³-hybridized carbons (Fsp3) is 1.00. The molecule has 0 radical (unpaired) electrons. The van der Waals surface area contributed by atoms with Crippen molar-refractivity contribution in [3.63, 3.8) is 0 Å². The second-order valence-electron chi connectivity index (χ2n) is 2.92. The van der Waals surface area contributed by atoms with Crippen LogP contribution in [-0.4, -0.2) is 35.7 Å². The topological polar surface area (TPSA) is 44.5 Å². The van der Waals surface area contributed by atoms with Crippen LogP contribution < -0.4 is 5.73 Å². The molecule has 0 aromatic carbocycles. The smallest absolute Gasteiger partial charge is 0.143 e. The maximum atomic E-state index is 5.42. The second-order valence-corrected chi connectivity index (χ2v) is 5.20. The summed E-state index contributed by atoms with van der Waals surface area (Å²) in [6.45, 7) is 2.88. The lowest BCUT2D eigenvalue weighted by atomic mass is 10.4. The Balaban J connectivity index is 3.76. The maximum absolute atomic E-state index is 5.42. The zero-order valence-electron chi connectivity index (χ0n) is 8.43. The standard InChI is InChI=1S/C8H21NO2Si/c1-4-8(10-2,11-3)12-7-5-6-9/h4-7,9,12H2,1-3H3. The number of methoxy groups -OCH3 is 2. The number of hydrogen-bond acceptors (Lipinski definition) is 3. The molecule has 12 heavy (non-hydrogen) atoms. The van der Waals surface area contributed by atoms with Gasteiger partial charge in [-0.15, -0.1) is 0 Å². The Labute approximate surface area is 77.4 Å². The predicted molar refractivity (Wildman–Crippen MR) is 54.1 cm³/mol. The van der Waals surface area contributed by atoms with Crippen molar-refractivity contribution < 1.29 is 9.47 Å². The summed E-state index contributed by atoms with van der Waals surface area (Å²) in [6, 6.07) is 1.20. The first-order valence-electron chi connectivity index (χ1n) is 4.55. The van der Waals surface area contributed by atoms with E-state index in [-0.39, 0.29) is 14.9 Å². The number of ether oxygens (including phenoxy) is 2. The molecule has 74 valence electrons. The minimum absolute atomic E-state index is 0.241. The molecule has 0 spiro atoms. The highest BCUT2D eigenvalue weighted by Crippen LogP contribution is 2.15. The van der Waals surface area contributed by atoms with E-state index >= 15 is 0 Å². The zero-order valence-corrected chi connectivity index (χ0v) is 9.84. The van der Waals surface area contributed by atoms with Crippen LogP contribution in [0.15, 0.2) is 0 Å². The Hall–Kier alpha value is 0.0969. The van der Waals surface area contributed by atoms with Gasteiger partial charge in [-0.05, 0) is 19.4 Å². The molecule has 0 heterocycles. The monoisotopic (exact) mass is 191 g/mol. The van der Waals surface area contributed by atoms with Gasteiger partial charge in [0.1, 0.15) is 5.41 Å². The Bertz CT molecular complexity index is 99.0. The van der Waals surface area contributed by atoms with Gasteiger partial charge in [0.05, 0.1) is 9.52 Å². The van der Waals surface area contributed by atoms with Gasteiger partial charge in [0.25, 0.3) is 0 Å². The largest absolute Gasteiger partial charge is 0.358 e. The molecule has 0 amide bonds. The first kappa shape index (κ1) is 12.1. The SMILES string of the molecule is CCC(OC)(OC)[SiH2]CCCN. The van der Waals surface area contributed by atoms with Gasteiger partial charge in [0, 0.05) is 14.2 Å². The Morgan fingerprint density at radius 3 is 2.25 bits per heavy atom. The van der Waals surface area contributed by atoms with E-state index in [1.54, 1.807) is 14.2 Å². The van der Waals surface area contributed by atoms with Crippen LogP contribution in [-0.2, 0) is 9.47 Å². The molecule has 0 atom stereocenters. The number of rotatable bonds is 7. The normalized spacial score (nSPS) is 13.0. The van der Waals surface area contributed by atoms with Crippen LogP contribution in [0.2, 0.25) is 6.04 Å². The molecule has 0 bridgehead atoms. The summed E-state index contributed by atoms with van der Waals surface area (Å²) in [5, 5.41) is 0. The highest BCUT2D eigenvalue weighted by Gasteiger charge is 2.26. The summed E-state index contributed by atoms with van der Waals surface area (Å²) in [5.41, 5.74) is 5.18. The highest BCUT2D eigenvalue weighted by atomic mass is 28.2. The van der Waals surface area contributed by atoms with Gasteiger partial charge in [0.2, 0.25) is 0 Å². The van der Waals surface area contributed by atoms with Crippen LogP contribution >= 0.6 is 0 Å². The molecule has 0 aliphatic rings. The van der Waals surface area contributed by atoms with E-state index in [0.29, 0.717) is 0 Å². The van der Waals surface area contributed by atoms with Gasteiger partial charge in [-0.2, -0.15) is 0 Å². The lowest BCUT2D eigenvalue weighted by Gasteiger charge is -2.29. The van der Waals surface area contributed by atoms with Crippen molar-refractivity contribution in [1.82, 2.24) is 0 Å². The van der Waals surface area contributed by atoms with Crippen molar-refractivity contribution in [3.05, 3.63) is 0 Å². The van der Waals surface area contributed by atoms with E-state index in [9.17, 15) is 0 Å². The summed E-state index contributed by atoms with van der Waals surface area (Å²) >= 11 is 0. The molecular weight excluding hydrogens is 170 g/mol. The van der Waals surface area contributed by atoms with E-state index in [4.69, 9.17) is 15.2 Å². The average molecular weight is 191 g/mol. The van der Waals surface area contributed by atoms with Crippen molar-refractivity contribution in [2.75, 3.05) is 20.8 Å². The zero-order chi connectivity index (χ0) is 9.45. The van der Waals surface area contributed by atoms with Crippen LogP contribution in [0.4, 0.5) is 0 Å². The van der Waals surface area contributed by atoms with Crippen LogP contribution in [0.5, 0.6) is 0 Å². The van der Waals surface area contributed by atoms with Gasteiger partial charge < -0.3 is 15.2 Å². The summed E-state index contributed by atoms with van der Waals surface area (Å²) < 4.78 is 10.8. The minimum atomic E-state index is -0.317. The molecule has 0 aliphatic heterocycles. The van der Waals surface area contributed by atoms with Gasteiger partial charge in [-0.25, -0.2) is 0 Å². The second kappa shape index (κ2) is 6.60. The third kappa shape index (κ3) is 3.67. The van der Waals surface area contributed by atoms with E-state index in [2.05, 4.69) is 6.92 Å². The molecule has 0 unspecified atom stereocenters. The molecule has 0 aliphatic carbocycles. The third-order valence-electron chi connectivity index (χ3n) is 2.29. The molecule has 0 rings (SSSR count). The van der Waals surface area contributed by atoms with Crippen molar-refractivity contribution in [2.45, 2.75) is 31.2 Å². The molecule has 3 nitrogen and oxygen atoms in total. The molecule has 0 saturated heterocycles. The lowest BCUT2D eigenvalue weighted by Crippen LogP contribution is -2.39. The third-order valence-corrected chi connectivity index (χ3v) is 4.99. The summed E-state index contributed by atoms with van der Waals surface area (Å²) in [7, 11) is 3.13. The van der Waals surface area contributed by atoms with Gasteiger partial charge in [0.15, 0.2) is 0 Å². The van der Waals surface area contributed by atoms with E-state index < -0.39 is 0 Å². The fourth-order valence-corrected chi connectivity index (χ4v) is 3.13. The van der Waals surface area contributed by atoms with Gasteiger partial charge >= 0.3 is 0 Å². The van der Waals surface area contributed by atoms with Gasteiger partial charge in [-0.3, -0.25) is 0 Å². The molecule has 0 fully saturated rings. The van der Waals surface area contributed by atoms with Crippen molar-refractivity contribution in [2.24, 2.45) is 5.73 Å². The predicted octanol–water partition coefficient (Wildman–Crippen LogP) is 0.279. The van der Waals surface area contributed by atoms with Crippen LogP contribution in [0, 0.1) is 0 Å². The Kier molecular flexibility index (Phi) is 6.65. The van der Waals surface area contributed by atoms with Crippen molar-refractivity contribution in [1.29, 1.82) is 0 Å². The molecule has 0 aromatic heterocycles. The van der Waals surface area contributed by atoms with Crippen LogP contribution in [0.1, 0.15) is 19.8 Å².